The van der Waals surface area contributed by atoms with Gasteiger partial charge in [-0.05, 0) is 52.4 Å². The highest BCUT2D eigenvalue weighted by molar-refractivity contribution is 14.1. The first-order valence-electron chi connectivity index (χ1n) is 5.63. The lowest BCUT2D eigenvalue weighted by Crippen LogP contribution is -2.07. The molecule has 0 saturated carbocycles. The molecule has 0 fully saturated rings. The first-order chi connectivity index (χ1) is 9.47. The number of hydrogen-bond acceptors (Lipinski definition) is 3. The Morgan fingerprint density at radius 2 is 1.85 bits per heavy atom. The molecule has 0 aliphatic carbocycles. The van der Waals surface area contributed by atoms with Crippen molar-refractivity contribution in [2.75, 3.05) is 5.73 Å². The van der Waals surface area contributed by atoms with E-state index in [-0.39, 0.29) is 22.2 Å². The fourth-order valence-electron chi connectivity index (χ4n) is 1.57. The quantitative estimate of drug-likeness (QED) is 0.449. The van der Waals surface area contributed by atoms with Gasteiger partial charge in [-0.2, -0.15) is 0 Å². The molecule has 2 aromatic rings. The molecule has 0 aromatic heterocycles. The van der Waals surface area contributed by atoms with Crippen LogP contribution in [0.4, 0.5) is 5.69 Å². The van der Waals surface area contributed by atoms with Gasteiger partial charge in [0.2, 0.25) is 0 Å². The lowest BCUT2D eigenvalue weighted by Gasteiger charge is -2.08. The van der Waals surface area contributed by atoms with Gasteiger partial charge in [0.15, 0.2) is 0 Å². The number of anilines is 1. The van der Waals surface area contributed by atoms with Crippen molar-refractivity contribution in [3.63, 3.8) is 0 Å². The molecular formula is C14H10Cl2INO2. The van der Waals surface area contributed by atoms with E-state index in [1.54, 1.807) is 0 Å². The zero-order valence-electron chi connectivity index (χ0n) is 10.2. The number of esters is 1. The second-order valence-corrected chi connectivity index (χ2v) is 6.10. The molecule has 0 radical (unpaired) electrons. The van der Waals surface area contributed by atoms with E-state index in [0.29, 0.717) is 5.69 Å². The SMILES string of the molecule is Nc1cc(Cl)c(Cl)c(C(=O)OCc2ccc(I)cc2)c1. The Bertz CT molecular complexity index is 644. The van der Waals surface area contributed by atoms with E-state index < -0.39 is 5.97 Å². The van der Waals surface area contributed by atoms with Gasteiger partial charge in [-0.1, -0.05) is 35.3 Å². The van der Waals surface area contributed by atoms with E-state index >= 15 is 0 Å². The Morgan fingerprint density at radius 3 is 2.50 bits per heavy atom. The van der Waals surface area contributed by atoms with Crippen LogP contribution >= 0.6 is 45.8 Å². The van der Waals surface area contributed by atoms with Gasteiger partial charge >= 0.3 is 5.97 Å². The molecule has 2 rings (SSSR count). The van der Waals surface area contributed by atoms with Crippen LogP contribution in [0, 0.1) is 3.57 Å². The average Bonchev–Trinajstić information content (AvgIpc) is 2.42. The van der Waals surface area contributed by atoms with Crippen LogP contribution < -0.4 is 5.73 Å². The van der Waals surface area contributed by atoms with E-state index in [2.05, 4.69) is 22.6 Å². The summed E-state index contributed by atoms with van der Waals surface area (Å²) in [7, 11) is 0. The van der Waals surface area contributed by atoms with Gasteiger partial charge < -0.3 is 10.5 Å². The van der Waals surface area contributed by atoms with Gasteiger partial charge in [-0.25, -0.2) is 4.79 Å². The van der Waals surface area contributed by atoms with Crippen LogP contribution in [0.1, 0.15) is 15.9 Å². The minimum absolute atomic E-state index is 0.147. The third-order valence-electron chi connectivity index (χ3n) is 2.55. The smallest absolute Gasteiger partial charge is 0.340 e. The van der Waals surface area contributed by atoms with Crippen molar-refractivity contribution >= 4 is 57.4 Å². The van der Waals surface area contributed by atoms with Gasteiger partial charge in [-0.3, -0.25) is 0 Å². The molecule has 0 spiro atoms. The molecule has 3 nitrogen and oxygen atoms in total. The molecule has 104 valence electrons. The van der Waals surface area contributed by atoms with Crippen molar-refractivity contribution < 1.29 is 9.53 Å². The Morgan fingerprint density at radius 1 is 1.20 bits per heavy atom. The summed E-state index contributed by atoms with van der Waals surface area (Å²) in [5.41, 5.74) is 7.06. The normalized spacial score (nSPS) is 10.3. The minimum atomic E-state index is -0.553. The summed E-state index contributed by atoms with van der Waals surface area (Å²) >= 11 is 14.1. The number of rotatable bonds is 3. The predicted octanol–water partition coefficient (Wildman–Crippen LogP) is 4.54. The number of ether oxygens (including phenoxy) is 1. The number of nitrogen functional groups attached to an aromatic ring is 1. The molecule has 0 atom stereocenters. The molecule has 0 saturated heterocycles. The number of carbonyl (C=O) groups excluding carboxylic acids is 1. The molecule has 0 amide bonds. The van der Waals surface area contributed by atoms with Crippen LogP contribution in [0.5, 0.6) is 0 Å². The zero-order chi connectivity index (χ0) is 14.7. The maximum atomic E-state index is 12.0. The Balaban J connectivity index is 2.11. The minimum Gasteiger partial charge on any atom is -0.457 e. The van der Waals surface area contributed by atoms with Gasteiger partial charge in [0.25, 0.3) is 0 Å². The average molecular weight is 422 g/mol. The maximum Gasteiger partial charge on any atom is 0.340 e. The molecule has 6 heteroatoms. The molecule has 20 heavy (non-hydrogen) atoms. The number of nitrogens with two attached hydrogens (primary N) is 1. The lowest BCUT2D eigenvalue weighted by molar-refractivity contribution is 0.0473. The van der Waals surface area contributed by atoms with Crippen molar-refractivity contribution in [2.24, 2.45) is 0 Å². The van der Waals surface area contributed by atoms with Gasteiger partial charge in [0.05, 0.1) is 15.6 Å². The zero-order valence-corrected chi connectivity index (χ0v) is 13.9. The maximum absolute atomic E-state index is 12.0. The van der Waals surface area contributed by atoms with Crippen LogP contribution in [0.2, 0.25) is 10.0 Å². The topological polar surface area (TPSA) is 52.3 Å². The fourth-order valence-corrected chi connectivity index (χ4v) is 2.34. The monoisotopic (exact) mass is 421 g/mol. The number of halogens is 3. The van der Waals surface area contributed by atoms with E-state index in [0.717, 1.165) is 9.13 Å². The van der Waals surface area contributed by atoms with Crippen LogP contribution in [0.3, 0.4) is 0 Å². The Kier molecular flexibility index (Phi) is 5.12. The fraction of sp³-hybridized carbons (Fsp3) is 0.0714. The molecular weight excluding hydrogens is 412 g/mol. The summed E-state index contributed by atoms with van der Waals surface area (Å²) in [6.45, 7) is 0.165. The highest BCUT2D eigenvalue weighted by atomic mass is 127. The molecule has 0 bridgehead atoms. The highest BCUT2D eigenvalue weighted by Crippen LogP contribution is 2.29. The van der Waals surface area contributed by atoms with E-state index in [1.165, 1.54) is 12.1 Å². The highest BCUT2D eigenvalue weighted by Gasteiger charge is 2.15. The van der Waals surface area contributed by atoms with Gasteiger partial charge in [-0.15, -0.1) is 0 Å². The Hall–Kier alpha value is -0.980. The number of hydrogen-bond donors (Lipinski definition) is 1. The van der Waals surface area contributed by atoms with E-state index in [9.17, 15) is 4.79 Å². The summed E-state index contributed by atoms with van der Waals surface area (Å²) in [6, 6.07) is 10.6. The lowest BCUT2D eigenvalue weighted by atomic mass is 10.2. The Labute approximate surface area is 140 Å². The van der Waals surface area contributed by atoms with Crippen molar-refractivity contribution in [1.82, 2.24) is 0 Å². The van der Waals surface area contributed by atoms with Crippen LogP contribution in [-0.4, -0.2) is 5.97 Å². The van der Waals surface area contributed by atoms with Crippen molar-refractivity contribution in [3.05, 3.63) is 61.1 Å². The second kappa shape index (κ2) is 6.65. The number of carbonyl (C=O) groups is 1. The first-order valence-corrected chi connectivity index (χ1v) is 7.47. The molecule has 2 N–H and O–H groups in total. The first kappa shape index (κ1) is 15.4. The van der Waals surface area contributed by atoms with E-state index in [1.807, 2.05) is 24.3 Å². The third-order valence-corrected chi connectivity index (χ3v) is 4.07. The van der Waals surface area contributed by atoms with Crippen LogP contribution in [0.25, 0.3) is 0 Å². The third kappa shape index (κ3) is 3.77. The summed E-state index contributed by atoms with van der Waals surface area (Å²) in [5, 5.41) is 0.376. The van der Waals surface area contributed by atoms with Crippen LogP contribution in [-0.2, 0) is 11.3 Å². The molecule has 0 aliphatic rings. The largest absolute Gasteiger partial charge is 0.457 e. The van der Waals surface area contributed by atoms with E-state index in [4.69, 9.17) is 33.7 Å². The van der Waals surface area contributed by atoms with Crippen molar-refractivity contribution in [2.45, 2.75) is 6.61 Å². The summed E-state index contributed by atoms with van der Waals surface area (Å²) in [6.07, 6.45) is 0. The van der Waals surface area contributed by atoms with Gasteiger partial charge in [0, 0.05) is 9.26 Å². The summed E-state index contributed by atoms with van der Waals surface area (Å²) < 4.78 is 6.32. The second-order valence-electron chi connectivity index (χ2n) is 4.07. The van der Waals surface area contributed by atoms with Crippen molar-refractivity contribution in [1.29, 1.82) is 0 Å². The standard InChI is InChI=1S/C14H10Cl2INO2/c15-12-6-10(18)5-11(13(12)16)14(19)20-7-8-1-3-9(17)4-2-8/h1-6H,7,18H2. The number of benzene rings is 2. The van der Waals surface area contributed by atoms with Gasteiger partial charge in [0.1, 0.15) is 6.61 Å². The summed E-state index contributed by atoms with van der Waals surface area (Å²) in [4.78, 5) is 12.0. The molecule has 2 aromatic carbocycles. The van der Waals surface area contributed by atoms with Crippen molar-refractivity contribution in [3.8, 4) is 0 Å². The molecule has 0 aliphatic heterocycles. The van der Waals surface area contributed by atoms with Crippen LogP contribution in [0.15, 0.2) is 36.4 Å². The molecule has 0 unspecified atom stereocenters. The molecule has 0 heterocycles. The summed E-state index contributed by atoms with van der Waals surface area (Å²) in [5.74, 6) is -0.553. The predicted molar refractivity (Wildman–Crippen MR) is 89.2 cm³/mol.